The second-order valence-corrected chi connectivity index (χ2v) is 4.94. The molecule has 0 fully saturated rings. The first-order chi connectivity index (χ1) is 10.2. The fourth-order valence-electron chi connectivity index (χ4n) is 2.00. The van der Waals surface area contributed by atoms with Crippen molar-refractivity contribution in [1.29, 1.82) is 0 Å². The van der Waals surface area contributed by atoms with Gasteiger partial charge in [-0.25, -0.2) is 0 Å². The third-order valence-corrected chi connectivity index (χ3v) is 3.26. The number of nitrogens with one attached hydrogen (secondary N) is 1. The van der Waals surface area contributed by atoms with Gasteiger partial charge in [0.25, 0.3) is 5.91 Å². The zero-order valence-corrected chi connectivity index (χ0v) is 11.9. The minimum Gasteiger partial charge on any atom is -0.489 e. The highest BCUT2D eigenvalue weighted by atomic mass is 35.5. The molecule has 1 aromatic carbocycles. The van der Waals surface area contributed by atoms with E-state index in [0.717, 1.165) is 6.42 Å². The van der Waals surface area contributed by atoms with Crippen LogP contribution in [0.5, 0.6) is 11.5 Å². The SMILES string of the molecule is O=C(Nc1cccnc1)c1cc(Cl)c2c(c1)OCCCO2. The molecule has 1 aromatic heterocycles. The van der Waals surface area contributed by atoms with Gasteiger partial charge in [-0.05, 0) is 24.3 Å². The lowest BCUT2D eigenvalue weighted by Crippen LogP contribution is -2.12. The Labute approximate surface area is 126 Å². The van der Waals surface area contributed by atoms with Crippen molar-refractivity contribution in [3.05, 3.63) is 47.2 Å². The number of hydrogen-bond acceptors (Lipinski definition) is 4. The first-order valence-electron chi connectivity index (χ1n) is 6.54. The van der Waals surface area contributed by atoms with E-state index < -0.39 is 0 Å². The second kappa shape index (κ2) is 6.01. The molecule has 0 saturated carbocycles. The van der Waals surface area contributed by atoms with Crippen LogP contribution < -0.4 is 14.8 Å². The zero-order valence-electron chi connectivity index (χ0n) is 11.1. The number of fused-ring (bicyclic) bond motifs is 1. The molecule has 6 heteroatoms. The van der Waals surface area contributed by atoms with Gasteiger partial charge in [0.1, 0.15) is 0 Å². The molecule has 0 bridgehead atoms. The summed E-state index contributed by atoms with van der Waals surface area (Å²) >= 11 is 6.17. The van der Waals surface area contributed by atoms with E-state index in [2.05, 4.69) is 10.3 Å². The van der Waals surface area contributed by atoms with E-state index in [-0.39, 0.29) is 5.91 Å². The molecular weight excluding hydrogens is 292 g/mol. The normalized spacial score (nSPS) is 13.4. The fourth-order valence-corrected chi connectivity index (χ4v) is 2.27. The number of rotatable bonds is 2. The highest BCUT2D eigenvalue weighted by Gasteiger charge is 2.18. The maximum Gasteiger partial charge on any atom is 0.255 e. The van der Waals surface area contributed by atoms with Crippen molar-refractivity contribution in [3.63, 3.8) is 0 Å². The van der Waals surface area contributed by atoms with Crippen LogP contribution in [0, 0.1) is 0 Å². The van der Waals surface area contributed by atoms with Crippen LogP contribution in [0.15, 0.2) is 36.7 Å². The number of amides is 1. The summed E-state index contributed by atoms with van der Waals surface area (Å²) in [6.07, 6.45) is 3.99. The van der Waals surface area contributed by atoms with Crippen LogP contribution in [-0.2, 0) is 0 Å². The minimum atomic E-state index is -0.277. The number of pyridine rings is 1. The summed E-state index contributed by atoms with van der Waals surface area (Å²) < 4.78 is 11.1. The Morgan fingerprint density at radius 3 is 2.95 bits per heavy atom. The Balaban J connectivity index is 1.87. The molecule has 2 heterocycles. The molecule has 1 aliphatic heterocycles. The highest BCUT2D eigenvalue weighted by molar-refractivity contribution is 6.32. The van der Waals surface area contributed by atoms with E-state index in [4.69, 9.17) is 21.1 Å². The number of aromatic nitrogens is 1. The van der Waals surface area contributed by atoms with E-state index in [9.17, 15) is 4.79 Å². The number of carbonyl (C=O) groups is 1. The summed E-state index contributed by atoms with van der Waals surface area (Å²) in [7, 11) is 0. The highest BCUT2D eigenvalue weighted by Crippen LogP contribution is 2.38. The summed E-state index contributed by atoms with van der Waals surface area (Å²) in [6.45, 7) is 1.09. The fraction of sp³-hybridized carbons (Fsp3) is 0.200. The first kappa shape index (κ1) is 13.7. The third kappa shape index (κ3) is 3.08. The van der Waals surface area contributed by atoms with Crippen molar-refractivity contribution >= 4 is 23.2 Å². The molecule has 0 atom stereocenters. The van der Waals surface area contributed by atoms with Crippen LogP contribution in [-0.4, -0.2) is 24.1 Å². The van der Waals surface area contributed by atoms with E-state index in [1.165, 1.54) is 0 Å². The van der Waals surface area contributed by atoms with E-state index in [1.807, 2.05) is 0 Å². The van der Waals surface area contributed by atoms with Gasteiger partial charge >= 0.3 is 0 Å². The molecule has 1 amide bonds. The molecule has 1 N–H and O–H groups in total. The number of hydrogen-bond donors (Lipinski definition) is 1. The Hall–Kier alpha value is -2.27. The summed E-state index contributed by atoms with van der Waals surface area (Å²) in [5, 5.41) is 3.12. The van der Waals surface area contributed by atoms with Crippen molar-refractivity contribution < 1.29 is 14.3 Å². The van der Waals surface area contributed by atoms with E-state index >= 15 is 0 Å². The molecule has 3 rings (SSSR count). The smallest absolute Gasteiger partial charge is 0.255 e. The molecule has 5 nitrogen and oxygen atoms in total. The standard InChI is InChI=1S/C15H13ClN2O3/c16-12-7-10(8-13-14(12)21-6-2-5-20-13)15(19)18-11-3-1-4-17-9-11/h1,3-4,7-9H,2,5-6H2,(H,18,19). The number of carbonyl (C=O) groups excluding carboxylic acids is 1. The van der Waals surface area contributed by atoms with Gasteiger partial charge in [-0.1, -0.05) is 11.6 Å². The lowest BCUT2D eigenvalue weighted by atomic mass is 10.2. The molecule has 0 spiro atoms. The van der Waals surface area contributed by atoms with Gasteiger partial charge in [0.2, 0.25) is 0 Å². The first-order valence-corrected chi connectivity index (χ1v) is 6.92. The maximum absolute atomic E-state index is 12.2. The van der Waals surface area contributed by atoms with Crippen molar-refractivity contribution in [3.8, 4) is 11.5 Å². The number of benzene rings is 1. The summed E-state index contributed by atoms with van der Waals surface area (Å²) in [6, 6.07) is 6.71. The predicted molar refractivity (Wildman–Crippen MR) is 79.2 cm³/mol. The van der Waals surface area contributed by atoms with Gasteiger partial charge in [-0.2, -0.15) is 0 Å². The summed E-state index contributed by atoms with van der Waals surface area (Å²) in [5.41, 5.74) is 1.03. The van der Waals surface area contributed by atoms with Crippen LogP contribution in [0.2, 0.25) is 5.02 Å². The molecular formula is C15H13ClN2O3. The van der Waals surface area contributed by atoms with Crippen molar-refractivity contribution in [2.45, 2.75) is 6.42 Å². The Kier molecular flexibility index (Phi) is 3.92. The Morgan fingerprint density at radius 1 is 1.29 bits per heavy atom. The predicted octanol–water partition coefficient (Wildman–Crippen LogP) is 3.15. The molecule has 0 radical (unpaired) electrons. The van der Waals surface area contributed by atoms with Gasteiger partial charge in [-0.15, -0.1) is 0 Å². The van der Waals surface area contributed by atoms with E-state index in [1.54, 1.807) is 36.7 Å². The van der Waals surface area contributed by atoms with Gasteiger partial charge < -0.3 is 14.8 Å². The van der Waals surface area contributed by atoms with Crippen LogP contribution >= 0.6 is 11.6 Å². The topological polar surface area (TPSA) is 60.5 Å². The Morgan fingerprint density at radius 2 is 2.14 bits per heavy atom. The van der Waals surface area contributed by atoms with Crippen molar-refractivity contribution in [2.75, 3.05) is 18.5 Å². The van der Waals surface area contributed by atoms with Crippen LogP contribution in [0.3, 0.4) is 0 Å². The van der Waals surface area contributed by atoms with Gasteiger partial charge in [0.05, 0.1) is 30.1 Å². The summed E-state index contributed by atoms with van der Waals surface area (Å²) in [5.74, 6) is 0.712. The zero-order chi connectivity index (χ0) is 14.7. The lowest BCUT2D eigenvalue weighted by molar-refractivity contribution is 0.102. The Bertz CT molecular complexity index is 661. The quantitative estimate of drug-likeness (QED) is 0.926. The molecule has 21 heavy (non-hydrogen) atoms. The molecule has 108 valence electrons. The molecule has 2 aromatic rings. The van der Waals surface area contributed by atoms with Crippen molar-refractivity contribution in [1.82, 2.24) is 4.98 Å². The van der Waals surface area contributed by atoms with Gasteiger partial charge in [-0.3, -0.25) is 9.78 Å². The minimum absolute atomic E-state index is 0.277. The molecule has 0 saturated heterocycles. The lowest BCUT2D eigenvalue weighted by Gasteiger charge is -2.11. The monoisotopic (exact) mass is 304 g/mol. The van der Waals surface area contributed by atoms with Gasteiger partial charge in [0, 0.05) is 18.2 Å². The molecule has 0 aliphatic carbocycles. The summed E-state index contributed by atoms with van der Waals surface area (Å²) in [4.78, 5) is 16.2. The second-order valence-electron chi connectivity index (χ2n) is 4.53. The molecule has 1 aliphatic rings. The number of halogens is 1. The number of ether oxygens (including phenoxy) is 2. The number of nitrogens with zero attached hydrogens (tertiary/aromatic N) is 1. The van der Waals surface area contributed by atoms with Crippen LogP contribution in [0.1, 0.15) is 16.8 Å². The van der Waals surface area contributed by atoms with Crippen LogP contribution in [0.4, 0.5) is 5.69 Å². The number of anilines is 1. The maximum atomic E-state index is 12.2. The van der Waals surface area contributed by atoms with Gasteiger partial charge in [0.15, 0.2) is 11.5 Å². The average molecular weight is 305 g/mol. The average Bonchev–Trinajstić information content (AvgIpc) is 2.74. The van der Waals surface area contributed by atoms with Crippen LogP contribution in [0.25, 0.3) is 0 Å². The molecule has 0 unspecified atom stereocenters. The van der Waals surface area contributed by atoms with Crippen molar-refractivity contribution in [2.24, 2.45) is 0 Å². The largest absolute Gasteiger partial charge is 0.489 e. The third-order valence-electron chi connectivity index (χ3n) is 2.98. The van der Waals surface area contributed by atoms with E-state index in [0.29, 0.717) is 41.0 Å².